The smallest absolute Gasteiger partial charge is 0.227 e. The molecule has 0 unspecified atom stereocenters. The molecule has 1 saturated heterocycles. The lowest BCUT2D eigenvalue weighted by molar-refractivity contribution is -0.117. The van der Waals surface area contributed by atoms with Crippen molar-refractivity contribution in [1.29, 1.82) is 0 Å². The van der Waals surface area contributed by atoms with Crippen molar-refractivity contribution < 1.29 is 9.59 Å². The van der Waals surface area contributed by atoms with Gasteiger partial charge in [-0.25, -0.2) is 0 Å². The van der Waals surface area contributed by atoms with E-state index in [1.54, 1.807) is 17.0 Å². The third-order valence-corrected chi connectivity index (χ3v) is 2.41. The molecular formula is C11H11NO2. The van der Waals surface area contributed by atoms with Crippen LogP contribution in [0.4, 0.5) is 5.69 Å². The summed E-state index contributed by atoms with van der Waals surface area (Å²) in [6, 6.07) is 7.09. The molecule has 2 rings (SSSR count). The van der Waals surface area contributed by atoms with E-state index < -0.39 is 0 Å². The first-order valence-electron chi connectivity index (χ1n) is 4.67. The maximum atomic E-state index is 11.4. The van der Waals surface area contributed by atoms with E-state index in [0.29, 0.717) is 12.0 Å². The first-order valence-corrected chi connectivity index (χ1v) is 4.67. The zero-order valence-electron chi connectivity index (χ0n) is 7.77. The summed E-state index contributed by atoms with van der Waals surface area (Å²) in [6.07, 6.45) is 2.36. The van der Waals surface area contributed by atoms with Crippen LogP contribution in [0.1, 0.15) is 23.2 Å². The van der Waals surface area contributed by atoms with Crippen LogP contribution in [0, 0.1) is 0 Å². The molecular weight excluding hydrogens is 178 g/mol. The number of nitrogens with zero attached hydrogens (tertiary/aromatic N) is 1. The molecule has 3 heteroatoms. The summed E-state index contributed by atoms with van der Waals surface area (Å²) in [7, 11) is 0. The fourth-order valence-electron chi connectivity index (χ4n) is 1.65. The minimum absolute atomic E-state index is 0.170. The molecule has 0 radical (unpaired) electrons. The molecule has 14 heavy (non-hydrogen) atoms. The van der Waals surface area contributed by atoms with Crippen LogP contribution < -0.4 is 4.90 Å². The van der Waals surface area contributed by atoms with Crippen LogP contribution in [0.25, 0.3) is 0 Å². The number of anilines is 1. The summed E-state index contributed by atoms with van der Waals surface area (Å²) in [5, 5.41) is 0. The Bertz CT molecular complexity index is 356. The number of benzene rings is 1. The molecule has 1 aliphatic rings. The fourth-order valence-corrected chi connectivity index (χ4v) is 1.65. The Kier molecular flexibility index (Phi) is 2.31. The van der Waals surface area contributed by atoms with Gasteiger partial charge >= 0.3 is 0 Å². The first kappa shape index (κ1) is 8.94. The largest absolute Gasteiger partial charge is 0.312 e. The maximum Gasteiger partial charge on any atom is 0.227 e. The Balaban J connectivity index is 2.24. The number of amides is 1. The third-order valence-electron chi connectivity index (χ3n) is 2.41. The van der Waals surface area contributed by atoms with Gasteiger partial charge in [-0.3, -0.25) is 9.59 Å². The number of hydrogen-bond acceptors (Lipinski definition) is 2. The summed E-state index contributed by atoms with van der Waals surface area (Å²) in [5.74, 6) is 0.170. The number of aldehydes is 1. The summed E-state index contributed by atoms with van der Waals surface area (Å²) >= 11 is 0. The van der Waals surface area contributed by atoms with Crippen LogP contribution in [0.15, 0.2) is 24.3 Å². The predicted octanol–water partition coefficient (Wildman–Crippen LogP) is 1.63. The molecule has 1 aromatic rings. The van der Waals surface area contributed by atoms with Gasteiger partial charge in [-0.05, 0) is 30.7 Å². The molecule has 1 amide bonds. The topological polar surface area (TPSA) is 37.4 Å². The highest BCUT2D eigenvalue weighted by Crippen LogP contribution is 2.20. The third kappa shape index (κ3) is 1.53. The molecule has 0 aromatic heterocycles. The average Bonchev–Trinajstić information content (AvgIpc) is 2.65. The van der Waals surface area contributed by atoms with Crippen LogP contribution in [0.3, 0.4) is 0 Å². The van der Waals surface area contributed by atoms with Gasteiger partial charge in [-0.2, -0.15) is 0 Å². The number of carbonyl (C=O) groups excluding carboxylic acids is 2. The zero-order chi connectivity index (χ0) is 9.97. The molecule has 0 saturated carbocycles. The molecule has 1 aromatic carbocycles. The summed E-state index contributed by atoms with van der Waals surface area (Å²) in [5.41, 5.74) is 1.53. The molecule has 0 N–H and O–H groups in total. The summed E-state index contributed by atoms with van der Waals surface area (Å²) in [4.78, 5) is 23.6. The van der Waals surface area contributed by atoms with E-state index in [4.69, 9.17) is 0 Å². The normalized spacial score (nSPS) is 16.0. The Morgan fingerprint density at radius 2 is 1.93 bits per heavy atom. The molecule has 0 bridgehead atoms. The number of carbonyl (C=O) groups is 2. The van der Waals surface area contributed by atoms with Crippen molar-refractivity contribution in [1.82, 2.24) is 0 Å². The fraction of sp³-hybridized carbons (Fsp3) is 0.273. The van der Waals surface area contributed by atoms with E-state index in [0.717, 1.165) is 24.9 Å². The molecule has 0 spiro atoms. The Hall–Kier alpha value is -1.64. The standard InChI is InChI=1S/C11H11NO2/c13-8-9-3-5-10(6-4-9)12-7-1-2-11(12)14/h3-6,8H,1-2,7H2. The number of hydrogen-bond donors (Lipinski definition) is 0. The first-order chi connectivity index (χ1) is 6.81. The van der Waals surface area contributed by atoms with Gasteiger partial charge < -0.3 is 4.90 Å². The zero-order valence-corrected chi connectivity index (χ0v) is 7.77. The lowest BCUT2D eigenvalue weighted by Gasteiger charge is -2.15. The SMILES string of the molecule is O=Cc1ccc(N2CCCC2=O)cc1. The Morgan fingerprint density at radius 1 is 1.21 bits per heavy atom. The Labute approximate surface area is 82.3 Å². The molecule has 72 valence electrons. The van der Waals surface area contributed by atoms with Crippen LogP contribution >= 0.6 is 0 Å². The Morgan fingerprint density at radius 3 is 2.43 bits per heavy atom. The monoisotopic (exact) mass is 189 g/mol. The second-order valence-electron chi connectivity index (χ2n) is 3.36. The van der Waals surface area contributed by atoms with Gasteiger partial charge in [0.1, 0.15) is 6.29 Å². The van der Waals surface area contributed by atoms with Crippen molar-refractivity contribution in [2.24, 2.45) is 0 Å². The van der Waals surface area contributed by atoms with Crippen LogP contribution in [0.2, 0.25) is 0 Å². The highest BCUT2D eigenvalue weighted by Gasteiger charge is 2.21. The van der Waals surface area contributed by atoms with E-state index in [9.17, 15) is 9.59 Å². The van der Waals surface area contributed by atoms with E-state index in [1.807, 2.05) is 12.1 Å². The highest BCUT2D eigenvalue weighted by atomic mass is 16.2. The second kappa shape index (κ2) is 3.62. The lowest BCUT2D eigenvalue weighted by atomic mass is 10.2. The quantitative estimate of drug-likeness (QED) is 0.663. The molecule has 1 aliphatic heterocycles. The molecule has 0 atom stereocenters. The highest BCUT2D eigenvalue weighted by molar-refractivity contribution is 5.95. The van der Waals surface area contributed by atoms with Gasteiger partial charge in [-0.1, -0.05) is 0 Å². The van der Waals surface area contributed by atoms with E-state index >= 15 is 0 Å². The van der Waals surface area contributed by atoms with Gasteiger partial charge in [0.2, 0.25) is 5.91 Å². The van der Waals surface area contributed by atoms with Crippen molar-refractivity contribution in [2.45, 2.75) is 12.8 Å². The minimum atomic E-state index is 0.170. The molecule has 1 heterocycles. The average molecular weight is 189 g/mol. The van der Waals surface area contributed by atoms with Gasteiger partial charge in [0.15, 0.2) is 0 Å². The number of rotatable bonds is 2. The van der Waals surface area contributed by atoms with Crippen molar-refractivity contribution >= 4 is 17.9 Å². The molecule has 1 fully saturated rings. The molecule has 3 nitrogen and oxygen atoms in total. The van der Waals surface area contributed by atoms with Crippen molar-refractivity contribution in [2.75, 3.05) is 11.4 Å². The van der Waals surface area contributed by atoms with E-state index in [-0.39, 0.29) is 5.91 Å². The van der Waals surface area contributed by atoms with Gasteiger partial charge in [0, 0.05) is 24.2 Å². The van der Waals surface area contributed by atoms with Crippen LogP contribution in [0.5, 0.6) is 0 Å². The summed E-state index contributed by atoms with van der Waals surface area (Å²) in [6.45, 7) is 0.791. The second-order valence-corrected chi connectivity index (χ2v) is 3.36. The van der Waals surface area contributed by atoms with Crippen molar-refractivity contribution in [3.8, 4) is 0 Å². The maximum absolute atomic E-state index is 11.4. The van der Waals surface area contributed by atoms with Crippen molar-refractivity contribution in [3.05, 3.63) is 29.8 Å². The van der Waals surface area contributed by atoms with Crippen LogP contribution in [-0.4, -0.2) is 18.7 Å². The lowest BCUT2D eigenvalue weighted by Crippen LogP contribution is -2.23. The predicted molar refractivity (Wildman–Crippen MR) is 53.4 cm³/mol. The van der Waals surface area contributed by atoms with E-state index in [2.05, 4.69) is 0 Å². The van der Waals surface area contributed by atoms with Crippen molar-refractivity contribution in [3.63, 3.8) is 0 Å². The van der Waals surface area contributed by atoms with Crippen LogP contribution in [-0.2, 0) is 4.79 Å². The van der Waals surface area contributed by atoms with Gasteiger partial charge in [0.25, 0.3) is 0 Å². The van der Waals surface area contributed by atoms with Gasteiger partial charge in [0.05, 0.1) is 0 Å². The minimum Gasteiger partial charge on any atom is -0.312 e. The van der Waals surface area contributed by atoms with E-state index in [1.165, 1.54) is 0 Å². The van der Waals surface area contributed by atoms with Gasteiger partial charge in [-0.15, -0.1) is 0 Å². The molecule has 0 aliphatic carbocycles. The summed E-state index contributed by atoms with van der Waals surface area (Å²) < 4.78 is 0.